The summed E-state index contributed by atoms with van der Waals surface area (Å²) in [6.07, 6.45) is 19.6. The van der Waals surface area contributed by atoms with Crippen LogP contribution in [0.2, 0.25) is 0 Å². The van der Waals surface area contributed by atoms with Crippen molar-refractivity contribution < 1.29 is 36.1 Å². The first-order valence-corrected chi connectivity index (χ1v) is 14.3. The summed E-state index contributed by atoms with van der Waals surface area (Å²) < 4.78 is 11.3. The number of hydrogen-bond acceptors (Lipinski definition) is 6. The minimum absolute atomic E-state index is 0. The quantitative estimate of drug-likeness (QED) is 0.385. The molecule has 7 heteroatoms. The first-order chi connectivity index (χ1) is 19.3. The number of para-hydroxylation sites is 1. The molecule has 1 saturated heterocycles. The summed E-state index contributed by atoms with van der Waals surface area (Å²) in [5, 5.41) is 3.61. The van der Waals surface area contributed by atoms with Crippen molar-refractivity contribution in [3.05, 3.63) is 104 Å². The molecule has 0 aromatic heterocycles. The molecule has 41 heavy (non-hydrogen) atoms. The molecule has 4 aliphatic carbocycles. The number of carbonyl (C=O) groups is 2. The molecule has 1 aromatic carbocycles. The van der Waals surface area contributed by atoms with E-state index in [0.717, 1.165) is 37.2 Å². The number of nitrogens with zero attached hydrogens (tertiary/aromatic N) is 1. The molecule has 4 atom stereocenters. The Morgan fingerprint density at radius 3 is 2.39 bits per heavy atom. The summed E-state index contributed by atoms with van der Waals surface area (Å²) in [5.74, 6) is 2.14. The Labute approximate surface area is 256 Å². The van der Waals surface area contributed by atoms with Crippen LogP contribution < -0.4 is 5.32 Å². The topological polar surface area (TPSA) is 67.9 Å². The van der Waals surface area contributed by atoms with Crippen LogP contribution in [-0.2, 0) is 41.5 Å². The fraction of sp³-hybridized carbons (Fsp3) is 0.412. The normalized spacial score (nSPS) is 32.0. The molecule has 0 amide bonds. The van der Waals surface area contributed by atoms with E-state index in [1.54, 1.807) is 0 Å². The summed E-state index contributed by atoms with van der Waals surface area (Å²) >= 11 is 0. The zero-order valence-corrected chi connectivity index (χ0v) is 25.2. The second kappa shape index (κ2) is 12.1. The Morgan fingerprint density at radius 2 is 1.71 bits per heavy atom. The fourth-order valence-electron chi connectivity index (χ4n) is 7.94. The third kappa shape index (κ3) is 5.18. The van der Waals surface area contributed by atoms with E-state index in [1.165, 1.54) is 31.4 Å². The van der Waals surface area contributed by atoms with Crippen molar-refractivity contribution in [2.45, 2.75) is 70.1 Å². The third-order valence-corrected chi connectivity index (χ3v) is 9.45. The van der Waals surface area contributed by atoms with Crippen molar-refractivity contribution in [3.63, 3.8) is 0 Å². The van der Waals surface area contributed by atoms with Gasteiger partial charge in [0.05, 0.1) is 24.1 Å². The minimum Gasteiger partial charge on any atom is -0.466 e. The average Bonchev–Trinajstić information content (AvgIpc) is 3.74. The summed E-state index contributed by atoms with van der Waals surface area (Å²) in [5.41, 5.74) is 3.32. The molecular formula is C34H38FeN2O4+2. The standard InChI is InChI=1S/C29H33N2O4.C5H5.Fe/c1-17(32)35-23-16-20(27(33)34-4)24-29(21-10-5-6-11-22(21)30-24)14-15-31(26(23)29)25-19-9-7-8-18(19)12-13-28(25,2)3;1-2-4-5-3-1;/h5-11,23,25-26,30H,12-16H2,1-4H3;1-5H;/q;;+2/t23-,25-,26+,29+;;/m1../s1. The Hall–Kier alpha value is -1.82. The molecule has 4 fully saturated rings. The number of methoxy groups -OCH3 is 1. The molecule has 7 rings (SSSR count). The minimum atomic E-state index is -0.460. The van der Waals surface area contributed by atoms with Crippen molar-refractivity contribution in [1.82, 2.24) is 4.90 Å². The number of carbonyl (C=O) groups excluding carboxylic acids is 2. The first-order valence-electron chi connectivity index (χ1n) is 14.3. The van der Waals surface area contributed by atoms with Gasteiger partial charge in [-0.1, -0.05) is 32.0 Å². The van der Waals surface area contributed by atoms with E-state index in [2.05, 4.69) is 61.5 Å². The van der Waals surface area contributed by atoms with Crippen molar-refractivity contribution in [3.8, 4) is 0 Å². The zero-order valence-electron chi connectivity index (χ0n) is 24.1. The van der Waals surface area contributed by atoms with Crippen molar-refractivity contribution in [1.29, 1.82) is 0 Å². The number of likely N-dealkylation sites (tertiary alicyclic amines) is 1. The van der Waals surface area contributed by atoms with Crippen LogP contribution >= 0.6 is 0 Å². The molecule has 1 N–H and O–H groups in total. The van der Waals surface area contributed by atoms with Crippen LogP contribution in [0.3, 0.4) is 0 Å². The van der Waals surface area contributed by atoms with E-state index >= 15 is 0 Å². The molecule has 3 saturated carbocycles. The molecule has 214 valence electrons. The molecule has 6 aliphatic rings. The molecule has 6 nitrogen and oxygen atoms in total. The second-order valence-corrected chi connectivity index (χ2v) is 12.1. The van der Waals surface area contributed by atoms with Gasteiger partial charge in [0.15, 0.2) is 0 Å². The van der Waals surface area contributed by atoms with E-state index in [9.17, 15) is 9.59 Å². The van der Waals surface area contributed by atoms with Crippen LogP contribution in [0.4, 0.5) is 5.69 Å². The van der Waals surface area contributed by atoms with Gasteiger partial charge in [-0.25, -0.2) is 4.79 Å². The molecule has 0 unspecified atom stereocenters. The fourth-order valence-corrected chi connectivity index (χ4v) is 7.94. The maximum Gasteiger partial charge on any atom is 2.00 e. The van der Waals surface area contributed by atoms with Crippen LogP contribution in [-0.4, -0.2) is 48.7 Å². The van der Waals surface area contributed by atoms with Crippen LogP contribution in [0.25, 0.3) is 0 Å². The number of benzene rings is 1. The van der Waals surface area contributed by atoms with Gasteiger partial charge in [-0.3, -0.25) is 9.69 Å². The van der Waals surface area contributed by atoms with Gasteiger partial charge < -0.3 is 14.8 Å². The van der Waals surface area contributed by atoms with Crippen LogP contribution in [0.15, 0.2) is 35.5 Å². The Morgan fingerprint density at radius 1 is 1.00 bits per heavy atom. The molecule has 1 spiro atoms. The predicted octanol–water partition coefficient (Wildman–Crippen LogP) is 5.17. The zero-order chi connectivity index (χ0) is 28.1. The maximum atomic E-state index is 13.0. The van der Waals surface area contributed by atoms with E-state index in [-0.39, 0.29) is 46.5 Å². The van der Waals surface area contributed by atoms with Crippen LogP contribution in [0.1, 0.15) is 52.0 Å². The van der Waals surface area contributed by atoms with Crippen molar-refractivity contribution >= 4 is 17.6 Å². The molecule has 2 aliphatic heterocycles. The van der Waals surface area contributed by atoms with Gasteiger partial charge in [0, 0.05) is 43.2 Å². The van der Waals surface area contributed by atoms with Gasteiger partial charge in [-0.2, -0.15) is 0 Å². The Balaban J connectivity index is 0.000000510. The van der Waals surface area contributed by atoms with Gasteiger partial charge in [0.25, 0.3) is 0 Å². The summed E-state index contributed by atoms with van der Waals surface area (Å²) in [7, 11) is 1.42. The Bertz CT molecular complexity index is 1170. The van der Waals surface area contributed by atoms with E-state index in [0.29, 0.717) is 12.0 Å². The number of nitrogens with one attached hydrogen (secondary N) is 1. The average molecular weight is 595 g/mol. The van der Waals surface area contributed by atoms with Gasteiger partial charge in [0.2, 0.25) is 0 Å². The van der Waals surface area contributed by atoms with E-state index in [1.807, 2.05) is 38.2 Å². The summed E-state index contributed by atoms with van der Waals surface area (Å²) in [4.78, 5) is 28.0. The smallest absolute Gasteiger partial charge is 0.466 e. The van der Waals surface area contributed by atoms with Crippen molar-refractivity contribution in [2.75, 3.05) is 19.0 Å². The van der Waals surface area contributed by atoms with E-state index < -0.39 is 11.5 Å². The Kier molecular flexibility index (Phi) is 9.00. The van der Waals surface area contributed by atoms with Gasteiger partial charge in [-0.05, 0) is 93.6 Å². The summed E-state index contributed by atoms with van der Waals surface area (Å²) in [6.45, 7) is 7.04. The van der Waals surface area contributed by atoms with Gasteiger partial charge in [0.1, 0.15) is 6.10 Å². The first kappa shape index (κ1) is 30.6. The third-order valence-electron chi connectivity index (χ3n) is 9.45. The largest absolute Gasteiger partial charge is 2.00 e. The molecule has 1 aromatic rings. The van der Waals surface area contributed by atoms with Gasteiger partial charge >= 0.3 is 29.0 Å². The number of rotatable bonds is 3. The molecule has 2 heterocycles. The van der Waals surface area contributed by atoms with Crippen molar-refractivity contribution in [2.24, 2.45) is 5.41 Å². The number of hydrogen-bond donors (Lipinski definition) is 1. The monoisotopic (exact) mass is 594 g/mol. The SMILES string of the molecule is COC(=O)C1=C2Nc3ccccc3[C@@]23CCN([C@@H]2[C]4[CH][CH][CH][C]4CCC2(C)C)[C@H]3[C@H](OC(C)=O)C1.[CH]1[CH][CH][CH][CH]1.[Fe+2]. The van der Waals surface area contributed by atoms with Gasteiger partial charge in [-0.15, -0.1) is 0 Å². The predicted molar refractivity (Wildman–Crippen MR) is 154 cm³/mol. The number of ether oxygens (including phenoxy) is 2. The molecule has 10 radical (unpaired) electrons. The number of esters is 2. The number of anilines is 1. The summed E-state index contributed by atoms with van der Waals surface area (Å²) in [6, 6.07) is 8.43. The second-order valence-electron chi connectivity index (χ2n) is 12.1. The van der Waals surface area contributed by atoms with Crippen LogP contribution in [0.5, 0.6) is 0 Å². The van der Waals surface area contributed by atoms with Crippen LogP contribution in [0, 0.1) is 68.6 Å². The molecular weight excluding hydrogens is 556 g/mol. The maximum absolute atomic E-state index is 13.0. The molecule has 0 bridgehead atoms. The van der Waals surface area contributed by atoms with E-state index in [4.69, 9.17) is 9.47 Å². The number of fused-ring (bicyclic) bond motifs is 2.